The predicted molar refractivity (Wildman–Crippen MR) is 85.7 cm³/mol. The zero-order valence-corrected chi connectivity index (χ0v) is 13.7. The summed E-state index contributed by atoms with van der Waals surface area (Å²) >= 11 is 4.33. The zero-order chi connectivity index (χ0) is 14.9. The molecule has 1 aliphatic heterocycles. The van der Waals surface area contributed by atoms with Gasteiger partial charge in [-0.25, -0.2) is 0 Å². The van der Waals surface area contributed by atoms with E-state index in [9.17, 15) is 4.79 Å². The van der Waals surface area contributed by atoms with E-state index in [2.05, 4.69) is 38.3 Å². The van der Waals surface area contributed by atoms with Crippen molar-refractivity contribution in [2.45, 2.75) is 38.1 Å². The van der Waals surface area contributed by atoms with Crippen molar-refractivity contribution >= 4 is 18.5 Å². The molecule has 0 bridgehead atoms. The molecular formula is C16H24N2OS. The van der Waals surface area contributed by atoms with Gasteiger partial charge in [0.15, 0.2) is 0 Å². The molecule has 1 heterocycles. The molecule has 0 spiro atoms. The van der Waals surface area contributed by atoms with Crippen LogP contribution in [0.5, 0.6) is 0 Å². The second-order valence-corrected chi connectivity index (χ2v) is 6.97. The Hall–Kier alpha value is -1.00. The van der Waals surface area contributed by atoms with E-state index in [0.29, 0.717) is 0 Å². The molecule has 1 aromatic carbocycles. The van der Waals surface area contributed by atoms with Crippen molar-refractivity contribution in [3.63, 3.8) is 0 Å². The van der Waals surface area contributed by atoms with Crippen LogP contribution in [0.1, 0.15) is 36.7 Å². The maximum atomic E-state index is 12.6. The Morgan fingerprint density at radius 2 is 1.75 bits per heavy atom. The van der Waals surface area contributed by atoms with Gasteiger partial charge in [-0.05, 0) is 45.4 Å². The second-order valence-electron chi connectivity index (χ2n) is 6.45. The van der Waals surface area contributed by atoms with E-state index in [-0.39, 0.29) is 11.4 Å². The van der Waals surface area contributed by atoms with E-state index < -0.39 is 0 Å². The molecule has 20 heavy (non-hydrogen) atoms. The molecule has 0 N–H and O–H groups in total. The number of benzene rings is 1. The largest absolute Gasteiger partial charge is 0.336 e. The molecule has 0 radical (unpaired) electrons. The van der Waals surface area contributed by atoms with Crippen molar-refractivity contribution in [2.75, 3.05) is 26.2 Å². The van der Waals surface area contributed by atoms with Crippen LogP contribution in [0.15, 0.2) is 23.1 Å². The van der Waals surface area contributed by atoms with Gasteiger partial charge < -0.3 is 4.90 Å². The third kappa shape index (κ3) is 3.36. The lowest BCUT2D eigenvalue weighted by molar-refractivity contribution is 0.0450. The van der Waals surface area contributed by atoms with E-state index in [0.717, 1.165) is 42.2 Å². The molecule has 0 atom stereocenters. The van der Waals surface area contributed by atoms with Gasteiger partial charge >= 0.3 is 0 Å². The molecule has 0 aliphatic carbocycles. The summed E-state index contributed by atoms with van der Waals surface area (Å²) in [7, 11) is 0. The van der Waals surface area contributed by atoms with E-state index in [1.165, 1.54) is 0 Å². The highest BCUT2D eigenvalue weighted by molar-refractivity contribution is 7.80. The molecule has 2 rings (SSSR count). The van der Waals surface area contributed by atoms with E-state index in [1.807, 2.05) is 30.0 Å². The molecule has 3 nitrogen and oxygen atoms in total. The van der Waals surface area contributed by atoms with Crippen molar-refractivity contribution in [2.24, 2.45) is 0 Å². The maximum Gasteiger partial charge on any atom is 0.254 e. The molecule has 0 saturated carbocycles. The standard InChI is InChI=1S/C16H24N2OS/c1-12-5-6-13(20)11-14(12)15(19)17-7-9-18(10-8-17)16(2,3)4/h5-6,11,20H,7-10H2,1-4H3. The Bertz CT molecular complexity index is 500. The smallest absolute Gasteiger partial charge is 0.254 e. The Balaban J connectivity index is 2.07. The average Bonchev–Trinajstić information content (AvgIpc) is 2.40. The summed E-state index contributed by atoms with van der Waals surface area (Å²) in [6.07, 6.45) is 0. The Labute approximate surface area is 127 Å². The van der Waals surface area contributed by atoms with Gasteiger partial charge in [0.1, 0.15) is 0 Å². The van der Waals surface area contributed by atoms with E-state index in [1.54, 1.807) is 0 Å². The third-order valence-corrected chi connectivity index (χ3v) is 4.25. The molecule has 1 aromatic rings. The highest BCUT2D eigenvalue weighted by atomic mass is 32.1. The van der Waals surface area contributed by atoms with Crippen LogP contribution < -0.4 is 0 Å². The van der Waals surface area contributed by atoms with Gasteiger partial charge in [0.25, 0.3) is 5.91 Å². The maximum absolute atomic E-state index is 12.6. The van der Waals surface area contributed by atoms with Gasteiger partial charge in [-0.2, -0.15) is 0 Å². The van der Waals surface area contributed by atoms with E-state index in [4.69, 9.17) is 0 Å². The number of aryl methyl sites for hydroxylation is 1. The van der Waals surface area contributed by atoms with Gasteiger partial charge in [-0.15, -0.1) is 12.6 Å². The third-order valence-electron chi connectivity index (χ3n) is 3.97. The van der Waals surface area contributed by atoms with Crippen LogP contribution in [0.3, 0.4) is 0 Å². The molecule has 1 amide bonds. The number of carbonyl (C=O) groups is 1. The van der Waals surface area contributed by atoms with Crippen molar-refractivity contribution in [3.8, 4) is 0 Å². The molecule has 1 aliphatic rings. The van der Waals surface area contributed by atoms with Crippen LogP contribution in [0.25, 0.3) is 0 Å². The quantitative estimate of drug-likeness (QED) is 0.805. The van der Waals surface area contributed by atoms with Gasteiger partial charge in [-0.3, -0.25) is 9.69 Å². The van der Waals surface area contributed by atoms with Gasteiger partial charge in [0.2, 0.25) is 0 Å². The summed E-state index contributed by atoms with van der Waals surface area (Å²) in [6, 6.07) is 5.75. The summed E-state index contributed by atoms with van der Waals surface area (Å²) in [5, 5.41) is 0. The number of rotatable bonds is 1. The summed E-state index contributed by atoms with van der Waals surface area (Å²) in [5.74, 6) is 0.131. The Kier molecular flexibility index (Phi) is 4.45. The fraction of sp³-hybridized carbons (Fsp3) is 0.562. The number of carbonyl (C=O) groups excluding carboxylic acids is 1. The van der Waals surface area contributed by atoms with Crippen molar-refractivity contribution < 1.29 is 4.79 Å². The van der Waals surface area contributed by atoms with Crippen molar-refractivity contribution in [1.82, 2.24) is 9.80 Å². The Morgan fingerprint density at radius 1 is 1.15 bits per heavy atom. The van der Waals surface area contributed by atoms with Crippen LogP contribution in [0.2, 0.25) is 0 Å². The summed E-state index contributed by atoms with van der Waals surface area (Å²) in [5.41, 5.74) is 1.98. The van der Waals surface area contributed by atoms with Crippen LogP contribution in [0.4, 0.5) is 0 Å². The lowest BCUT2D eigenvalue weighted by Crippen LogP contribution is -2.54. The monoisotopic (exact) mass is 292 g/mol. The lowest BCUT2D eigenvalue weighted by Gasteiger charge is -2.42. The Morgan fingerprint density at radius 3 is 2.30 bits per heavy atom. The highest BCUT2D eigenvalue weighted by Gasteiger charge is 2.28. The molecular weight excluding hydrogens is 268 g/mol. The van der Waals surface area contributed by atoms with Crippen LogP contribution >= 0.6 is 12.6 Å². The summed E-state index contributed by atoms with van der Waals surface area (Å²) in [6.45, 7) is 12.1. The normalized spacial score (nSPS) is 17.4. The number of amides is 1. The highest BCUT2D eigenvalue weighted by Crippen LogP contribution is 2.20. The topological polar surface area (TPSA) is 23.6 Å². The van der Waals surface area contributed by atoms with Gasteiger partial charge in [0.05, 0.1) is 0 Å². The fourth-order valence-electron chi connectivity index (χ4n) is 2.59. The van der Waals surface area contributed by atoms with Crippen LogP contribution in [-0.2, 0) is 0 Å². The lowest BCUT2D eigenvalue weighted by atomic mass is 10.0. The minimum Gasteiger partial charge on any atom is -0.336 e. The first-order chi connectivity index (χ1) is 9.29. The van der Waals surface area contributed by atoms with Crippen LogP contribution in [-0.4, -0.2) is 47.4 Å². The fourth-order valence-corrected chi connectivity index (χ4v) is 2.79. The van der Waals surface area contributed by atoms with Crippen molar-refractivity contribution in [1.29, 1.82) is 0 Å². The first-order valence-corrected chi connectivity index (χ1v) is 7.58. The SMILES string of the molecule is Cc1ccc(S)cc1C(=O)N1CCN(C(C)(C)C)CC1. The molecule has 4 heteroatoms. The first kappa shape index (κ1) is 15.4. The van der Waals surface area contributed by atoms with Gasteiger partial charge in [-0.1, -0.05) is 6.07 Å². The van der Waals surface area contributed by atoms with Crippen molar-refractivity contribution in [3.05, 3.63) is 29.3 Å². The molecule has 110 valence electrons. The minimum absolute atomic E-state index is 0.131. The van der Waals surface area contributed by atoms with Gasteiger partial charge in [0, 0.05) is 42.2 Å². The molecule has 0 aromatic heterocycles. The second kappa shape index (κ2) is 5.78. The number of hydrogen-bond acceptors (Lipinski definition) is 3. The number of thiol groups is 1. The summed E-state index contributed by atoms with van der Waals surface area (Å²) < 4.78 is 0. The molecule has 0 unspecified atom stereocenters. The minimum atomic E-state index is 0.131. The predicted octanol–water partition coefficient (Wildman–Crippen LogP) is 2.84. The van der Waals surface area contributed by atoms with Crippen LogP contribution in [0, 0.1) is 6.92 Å². The average molecular weight is 292 g/mol. The zero-order valence-electron chi connectivity index (χ0n) is 12.8. The number of nitrogens with zero attached hydrogens (tertiary/aromatic N) is 2. The number of hydrogen-bond donors (Lipinski definition) is 1. The van der Waals surface area contributed by atoms with E-state index >= 15 is 0 Å². The molecule has 1 fully saturated rings. The first-order valence-electron chi connectivity index (χ1n) is 7.13. The summed E-state index contributed by atoms with van der Waals surface area (Å²) in [4.78, 5) is 17.8. The molecule has 1 saturated heterocycles. The number of piperazine rings is 1.